The maximum absolute atomic E-state index is 13.1. The van der Waals surface area contributed by atoms with Gasteiger partial charge in [-0.3, -0.25) is 9.59 Å². The highest BCUT2D eigenvalue weighted by molar-refractivity contribution is 9.10. The lowest BCUT2D eigenvalue weighted by Gasteiger charge is -2.16. The van der Waals surface area contributed by atoms with Gasteiger partial charge in [0, 0.05) is 15.7 Å². The van der Waals surface area contributed by atoms with Crippen molar-refractivity contribution in [3.05, 3.63) is 96.3 Å². The lowest BCUT2D eigenvalue weighted by atomic mass is 10.2. The summed E-state index contributed by atoms with van der Waals surface area (Å²) in [5, 5.41) is 7.02. The zero-order chi connectivity index (χ0) is 26.5. The third-order valence-electron chi connectivity index (χ3n) is 5.03. The van der Waals surface area contributed by atoms with Crippen LogP contribution in [0.25, 0.3) is 10.9 Å². The number of halogens is 3. The van der Waals surface area contributed by atoms with Crippen molar-refractivity contribution in [1.82, 2.24) is 9.66 Å². The van der Waals surface area contributed by atoms with Crippen LogP contribution in [0.3, 0.4) is 0 Å². The van der Waals surface area contributed by atoms with E-state index in [-0.39, 0.29) is 23.1 Å². The monoisotopic (exact) mass is 588 g/mol. The SMILES string of the molecule is CCOc1cc(C=Nn2c(=O)[nH]c3ccccc3c2=O)c(Br)c(Cl)c1OCC(=O)Nc1ccc(F)cc1. The Morgan fingerprint density at radius 2 is 1.92 bits per heavy atom. The second-order valence-electron chi connectivity index (χ2n) is 7.54. The van der Waals surface area contributed by atoms with Crippen molar-refractivity contribution in [1.29, 1.82) is 0 Å². The van der Waals surface area contributed by atoms with Crippen molar-refractivity contribution < 1.29 is 18.7 Å². The summed E-state index contributed by atoms with van der Waals surface area (Å²) in [6.45, 7) is 1.61. The first kappa shape index (κ1) is 26.1. The smallest absolute Gasteiger partial charge is 0.349 e. The van der Waals surface area contributed by atoms with Gasteiger partial charge in [-0.15, -0.1) is 4.68 Å². The van der Waals surface area contributed by atoms with Crippen LogP contribution in [0, 0.1) is 5.82 Å². The third kappa shape index (κ3) is 5.89. The minimum absolute atomic E-state index is 0.0850. The maximum Gasteiger partial charge on any atom is 0.349 e. The molecule has 9 nitrogen and oxygen atoms in total. The van der Waals surface area contributed by atoms with Gasteiger partial charge >= 0.3 is 5.69 Å². The fraction of sp³-hybridized carbons (Fsp3) is 0.120. The van der Waals surface area contributed by atoms with Crippen LogP contribution >= 0.6 is 27.5 Å². The van der Waals surface area contributed by atoms with Crippen molar-refractivity contribution >= 4 is 56.2 Å². The Kier molecular flexibility index (Phi) is 8.04. The highest BCUT2D eigenvalue weighted by atomic mass is 79.9. The molecule has 0 bridgehead atoms. The van der Waals surface area contributed by atoms with E-state index in [2.05, 4.69) is 31.3 Å². The van der Waals surface area contributed by atoms with Crippen LogP contribution in [0.15, 0.2) is 73.8 Å². The average Bonchev–Trinajstić information content (AvgIpc) is 2.88. The van der Waals surface area contributed by atoms with E-state index < -0.39 is 29.6 Å². The summed E-state index contributed by atoms with van der Waals surface area (Å²) in [7, 11) is 0. The highest BCUT2D eigenvalue weighted by Gasteiger charge is 2.19. The van der Waals surface area contributed by atoms with Gasteiger partial charge in [0.2, 0.25) is 0 Å². The fourth-order valence-corrected chi connectivity index (χ4v) is 4.00. The van der Waals surface area contributed by atoms with Crippen molar-refractivity contribution in [3.63, 3.8) is 0 Å². The van der Waals surface area contributed by atoms with Gasteiger partial charge in [0.05, 0.1) is 23.7 Å². The summed E-state index contributed by atoms with van der Waals surface area (Å²) in [4.78, 5) is 40.0. The molecule has 0 radical (unpaired) electrons. The highest BCUT2D eigenvalue weighted by Crippen LogP contribution is 2.42. The summed E-state index contributed by atoms with van der Waals surface area (Å²) in [6.07, 6.45) is 1.27. The maximum atomic E-state index is 13.1. The minimum Gasteiger partial charge on any atom is -0.490 e. The van der Waals surface area contributed by atoms with Gasteiger partial charge in [-0.25, -0.2) is 9.18 Å². The Bertz CT molecular complexity index is 1620. The largest absolute Gasteiger partial charge is 0.490 e. The molecular weight excluding hydrogens is 571 g/mol. The van der Waals surface area contributed by atoms with Crippen LogP contribution in [-0.4, -0.2) is 35.0 Å². The van der Waals surface area contributed by atoms with E-state index >= 15 is 0 Å². The van der Waals surface area contributed by atoms with Crippen LogP contribution in [0.4, 0.5) is 10.1 Å². The number of fused-ring (bicyclic) bond motifs is 1. The van der Waals surface area contributed by atoms with Crippen LogP contribution in [0.1, 0.15) is 12.5 Å². The topological polar surface area (TPSA) is 115 Å². The molecule has 0 atom stereocenters. The van der Waals surface area contributed by atoms with Gasteiger partial charge in [-0.2, -0.15) is 5.10 Å². The second-order valence-corrected chi connectivity index (χ2v) is 8.71. The Labute approximate surface area is 222 Å². The number of ether oxygens (including phenoxy) is 2. The number of carbonyl (C=O) groups is 1. The lowest BCUT2D eigenvalue weighted by molar-refractivity contribution is -0.118. The van der Waals surface area contributed by atoms with E-state index in [4.69, 9.17) is 21.1 Å². The van der Waals surface area contributed by atoms with E-state index in [0.29, 0.717) is 31.3 Å². The minimum atomic E-state index is -0.709. The molecule has 3 aromatic carbocycles. The average molecular weight is 590 g/mol. The lowest BCUT2D eigenvalue weighted by Crippen LogP contribution is -2.32. The number of benzene rings is 3. The van der Waals surface area contributed by atoms with Crippen LogP contribution in [-0.2, 0) is 4.79 Å². The predicted octanol–water partition coefficient (Wildman–Crippen LogP) is 4.54. The molecule has 37 heavy (non-hydrogen) atoms. The second kappa shape index (κ2) is 11.4. The zero-order valence-electron chi connectivity index (χ0n) is 19.3. The van der Waals surface area contributed by atoms with E-state index in [1.807, 2.05) is 0 Å². The molecule has 0 spiro atoms. The van der Waals surface area contributed by atoms with Crippen molar-refractivity contribution in [2.75, 3.05) is 18.5 Å². The van der Waals surface area contributed by atoms with Crippen molar-refractivity contribution in [2.45, 2.75) is 6.92 Å². The zero-order valence-corrected chi connectivity index (χ0v) is 21.6. The molecule has 0 saturated heterocycles. The first-order valence-electron chi connectivity index (χ1n) is 10.9. The van der Waals surface area contributed by atoms with Gasteiger partial charge in [0.1, 0.15) is 10.8 Å². The number of para-hydroxylation sites is 1. The molecule has 190 valence electrons. The molecule has 4 aromatic rings. The molecule has 0 aliphatic rings. The quantitative estimate of drug-likeness (QED) is 0.293. The Balaban J connectivity index is 1.60. The van der Waals surface area contributed by atoms with Gasteiger partial charge in [-0.05, 0) is 65.3 Å². The first-order chi connectivity index (χ1) is 17.8. The number of amides is 1. The van der Waals surface area contributed by atoms with Crippen LogP contribution in [0.5, 0.6) is 11.5 Å². The molecule has 12 heteroatoms. The van der Waals surface area contributed by atoms with Crippen LogP contribution in [0.2, 0.25) is 5.02 Å². The molecular formula is C25H19BrClFN4O5. The van der Waals surface area contributed by atoms with Gasteiger partial charge in [-0.1, -0.05) is 23.7 Å². The van der Waals surface area contributed by atoms with E-state index in [1.165, 1.54) is 36.5 Å². The fourth-order valence-electron chi connectivity index (χ4n) is 3.34. The normalized spacial score (nSPS) is 11.1. The van der Waals surface area contributed by atoms with Crippen molar-refractivity contribution in [2.24, 2.45) is 5.10 Å². The third-order valence-corrected chi connectivity index (χ3v) is 6.47. The number of hydrogen-bond donors (Lipinski definition) is 2. The predicted molar refractivity (Wildman–Crippen MR) is 143 cm³/mol. The van der Waals surface area contributed by atoms with Gasteiger partial charge in [0.25, 0.3) is 11.5 Å². The number of hydrogen-bond acceptors (Lipinski definition) is 6. The van der Waals surface area contributed by atoms with E-state index in [9.17, 15) is 18.8 Å². The number of H-pyrrole nitrogens is 1. The Hall–Kier alpha value is -3.96. The summed E-state index contributed by atoms with van der Waals surface area (Å²) < 4.78 is 25.4. The molecule has 0 aliphatic heterocycles. The number of rotatable bonds is 8. The number of aromatic amines is 1. The summed E-state index contributed by atoms with van der Waals surface area (Å²) in [5.74, 6) is -0.609. The van der Waals surface area contributed by atoms with E-state index in [1.54, 1.807) is 31.2 Å². The Morgan fingerprint density at radius 3 is 2.65 bits per heavy atom. The van der Waals surface area contributed by atoms with Gasteiger partial charge in [0.15, 0.2) is 18.1 Å². The molecule has 4 rings (SSSR count). The summed E-state index contributed by atoms with van der Waals surface area (Å²) in [5.41, 5.74) is -0.111. The van der Waals surface area contributed by atoms with Crippen molar-refractivity contribution in [3.8, 4) is 11.5 Å². The standard InChI is InChI=1S/C25H19BrClFN4O5/c1-2-36-19-11-14(12-29-32-24(34)17-5-3-4-6-18(17)31-25(32)35)21(26)22(27)23(19)37-13-20(33)30-16-9-7-15(28)8-10-16/h3-12H,2,13H2,1H3,(H,30,33)(H,31,35). The van der Waals surface area contributed by atoms with E-state index in [0.717, 1.165) is 0 Å². The number of aromatic nitrogens is 2. The first-order valence-corrected chi connectivity index (χ1v) is 12.1. The van der Waals surface area contributed by atoms with Crippen LogP contribution < -0.4 is 26.0 Å². The molecule has 2 N–H and O–H groups in total. The molecule has 1 aromatic heterocycles. The Morgan fingerprint density at radius 1 is 1.19 bits per heavy atom. The summed E-state index contributed by atoms with van der Waals surface area (Å²) in [6, 6.07) is 13.4. The van der Waals surface area contributed by atoms with Gasteiger partial charge < -0.3 is 19.8 Å². The molecule has 1 amide bonds. The molecule has 0 saturated carbocycles. The molecule has 0 fully saturated rings. The number of nitrogens with one attached hydrogen (secondary N) is 2. The molecule has 1 heterocycles. The molecule has 0 aliphatic carbocycles. The molecule has 0 unspecified atom stereocenters. The number of carbonyl (C=O) groups excluding carboxylic acids is 1. The number of anilines is 1. The summed E-state index contributed by atoms with van der Waals surface area (Å²) >= 11 is 9.87. The number of nitrogens with zero attached hydrogens (tertiary/aromatic N) is 2.